The molecule has 2 atom stereocenters. The Kier molecular flexibility index (Phi) is 3.16. The SMILES string of the molecule is CC1CCCCC1C[N+]1(C)CCCC1. The maximum absolute atomic E-state index is 2.48. The van der Waals surface area contributed by atoms with Crippen molar-refractivity contribution in [1.29, 1.82) is 0 Å². The molecule has 0 aromatic rings. The zero-order valence-corrected chi connectivity index (χ0v) is 9.97. The summed E-state index contributed by atoms with van der Waals surface area (Å²) in [5.74, 6) is 2.03. The summed E-state index contributed by atoms with van der Waals surface area (Å²) >= 11 is 0. The third-order valence-corrected chi connectivity index (χ3v) is 4.61. The highest BCUT2D eigenvalue weighted by molar-refractivity contribution is 4.72. The van der Waals surface area contributed by atoms with E-state index in [0.717, 1.165) is 11.8 Å². The minimum absolute atomic E-state index is 0.999. The van der Waals surface area contributed by atoms with E-state index in [1.54, 1.807) is 0 Å². The Morgan fingerprint density at radius 1 is 1.00 bits per heavy atom. The standard InChI is InChI=1S/C13H26N/c1-12-7-3-4-8-13(12)11-14(2)9-5-6-10-14/h12-13H,3-11H2,1-2H3/q+1. The molecule has 1 aliphatic heterocycles. The van der Waals surface area contributed by atoms with Crippen molar-refractivity contribution >= 4 is 0 Å². The molecule has 0 spiro atoms. The van der Waals surface area contributed by atoms with Gasteiger partial charge in [0.1, 0.15) is 0 Å². The third kappa shape index (κ3) is 2.31. The Bertz CT molecular complexity index is 182. The van der Waals surface area contributed by atoms with E-state index < -0.39 is 0 Å². The summed E-state index contributed by atoms with van der Waals surface area (Å²) in [5.41, 5.74) is 0. The summed E-state index contributed by atoms with van der Waals surface area (Å²) in [6.07, 6.45) is 8.92. The van der Waals surface area contributed by atoms with Gasteiger partial charge in [-0.1, -0.05) is 26.2 Å². The summed E-state index contributed by atoms with van der Waals surface area (Å²) in [7, 11) is 2.48. The number of rotatable bonds is 2. The second kappa shape index (κ2) is 4.22. The molecule has 1 heteroatoms. The highest BCUT2D eigenvalue weighted by atomic mass is 15.3. The van der Waals surface area contributed by atoms with Crippen LogP contribution in [0.5, 0.6) is 0 Å². The van der Waals surface area contributed by atoms with Gasteiger partial charge in [0.05, 0.1) is 26.7 Å². The zero-order valence-electron chi connectivity index (χ0n) is 9.97. The smallest absolute Gasteiger partial charge is 0.0815 e. The van der Waals surface area contributed by atoms with Crippen LogP contribution in [0.1, 0.15) is 45.4 Å². The molecular weight excluding hydrogens is 170 g/mol. The first-order valence-electron chi connectivity index (χ1n) is 6.53. The lowest BCUT2D eigenvalue weighted by atomic mass is 9.80. The topological polar surface area (TPSA) is 0 Å². The van der Waals surface area contributed by atoms with Crippen LogP contribution in [0.2, 0.25) is 0 Å². The van der Waals surface area contributed by atoms with Gasteiger partial charge in [0.15, 0.2) is 0 Å². The lowest BCUT2D eigenvalue weighted by molar-refractivity contribution is -0.901. The van der Waals surface area contributed by atoms with Crippen molar-refractivity contribution in [1.82, 2.24) is 0 Å². The van der Waals surface area contributed by atoms with Crippen molar-refractivity contribution < 1.29 is 4.48 Å². The van der Waals surface area contributed by atoms with Crippen LogP contribution in [0.4, 0.5) is 0 Å². The normalized spacial score (nSPS) is 37.3. The zero-order chi connectivity index (χ0) is 10.0. The molecule has 2 unspecified atom stereocenters. The fraction of sp³-hybridized carbons (Fsp3) is 1.00. The van der Waals surface area contributed by atoms with Crippen LogP contribution in [-0.2, 0) is 0 Å². The molecule has 14 heavy (non-hydrogen) atoms. The summed E-state index contributed by atoms with van der Waals surface area (Å²) in [4.78, 5) is 0. The monoisotopic (exact) mass is 196 g/mol. The quantitative estimate of drug-likeness (QED) is 0.596. The number of hydrogen-bond donors (Lipinski definition) is 0. The van der Waals surface area contributed by atoms with E-state index in [0.29, 0.717) is 0 Å². The highest BCUT2D eigenvalue weighted by Crippen LogP contribution is 2.32. The van der Waals surface area contributed by atoms with E-state index in [1.165, 1.54) is 62.6 Å². The Balaban J connectivity index is 1.88. The summed E-state index contributed by atoms with van der Waals surface area (Å²) in [6.45, 7) is 6.85. The molecule has 1 aliphatic carbocycles. The van der Waals surface area contributed by atoms with Crippen LogP contribution in [0, 0.1) is 11.8 Å². The van der Waals surface area contributed by atoms with Gasteiger partial charge in [0.25, 0.3) is 0 Å². The average molecular weight is 196 g/mol. The van der Waals surface area contributed by atoms with Gasteiger partial charge >= 0.3 is 0 Å². The molecule has 2 fully saturated rings. The molecule has 0 aromatic carbocycles. The van der Waals surface area contributed by atoms with E-state index in [4.69, 9.17) is 0 Å². The second-order valence-corrected chi connectivity index (χ2v) is 5.98. The molecule has 1 saturated heterocycles. The van der Waals surface area contributed by atoms with Gasteiger partial charge in [-0.2, -0.15) is 0 Å². The van der Waals surface area contributed by atoms with Crippen LogP contribution in [0.25, 0.3) is 0 Å². The van der Waals surface area contributed by atoms with Crippen LogP contribution < -0.4 is 0 Å². The van der Waals surface area contributed by atoms with Crippen molar-refractivity contribution in [2.24, 2.45) is 11.8 Å². The molecule has 1 saturated carbocycles. The molecule has 0 N–H and O–H groups in total. The Labute approximate surface area is 89.1 Å². The molecule has 1 heterocycles. The molecule has 82 valence electrons. The van der Waals surface area contributed by atoms with Gasteiger partial charge in [-0.25, -0.2) is 0 Å². The maximum atomic E-state index is 2.48. The van der Waals surface area contributed by atoms with E-state index in [9.17, 15) is 0 Å². The first-order chi connectivity index (χ1) is 6.70. The maximum Gasteiger partial charge on any atom is 0.0815 e. The van der Waals surface area contributed by atoms with Crippen LogP contribution >= 0.6 is 0 Å². The third-order valence-electron chi connectivity index (χ3n) is 4.61. The predicted octanol–water partition coefficient (Wildman–Crippen LogP) is 3.05. The fourth-order valence-electron chi connectivity index (χ4n) is 3.51. The largest absolute Gasteiger partial charge is 0.326 e. The van der Waals surface area contributed by atoms with E-state index in [2.05, 4.69) is 14.0 Å². The van der Waals surface area contributed by atoms with E-state index >= 15 is 0 Å². The van der Waals surface area contributed by atoms with Crippen molar-refractivity contribution in [3.63, 3.8) is 0 Å². The predicted molar refractivity (Wildman–Crippen MR) is 61.1 cm³/mol. The highest BCUT2D eigenvalue weighted by Gasteiger charge is 2.33. The Hall–Kier alpha value is -0.0400. The fourth-order valence-corrected chi connectivity index (χ4v) is 3.51. The Morgan fingerprint density at radius 2 is 1.64 bits per heavy atom. The number of nitrogens with zero attached hydrogens (tertiary/aromatic N) is 1. The van der Waals surface area contributed by atoms with Gasteiger partial charge in [-0.15, -0.1) is 0 Å². The second-order valence-electron chi connectivity index (χ2n) is 5.98. The van der Waals surface area contributed by atoms with Crippen molar-refractivity contribution in [3.05, 3.63) is 0 Å². The average Bonchev–Trinajstić information content (AvgIpc) is 2.57. The van der Waals surface area contributed by atoms with Crippen molar-refractivity contribution in [3.8, 4) is 0 Å². The molecule has 0 bridgehead atoms. The van der Waals surface area contributed by atoms with Gasteiger partial charge in [-0.05, 0) is 12.3 Å². The summed E-state index contributed by atoms with van der Waals surface area (Å²) in [6, 6.07) is 0. The number of quaternary nitrogens is 1. The van der Waals surface area contributed by atoms with E-state index in [1.807, 2.05) is 0 Å². The van der Waals surface area contributed by atoms with Crippen LogP contribution in [-0.4, -0.2) is 31.2 Å². The van der Waals surface area contributed by atoms with Gasteiger partial charge < -0.3 is 4.48 Å². The van der Waals surface area contributed by atoms with Gasteiger partial charge in [0, 0.05) is 18.8 Å². The molecule has 0 aromatic heterocycles. The lowest BCUT2D eigenvalue weighted by Crippen LogP contribution is -2.46. The molecule has 0 amide bonds. The van der Waals surface area contributed by atoms with Gasteiger partial charge in [0.2, 0.25) is 0 Å². The van der Waals surface area contributed by atoms with E-state index in [-0.39, 0.29) is 0 Å². The number of hydrogen-bond acceptors (Lipinski definition) is 0. The minimum atomic E-state index is 0.999. The summed E-state index contributed by atoms with van der Waals surface area (Å²) < 4.78 is 1.38. The lowest BCUT2D eigenvalue weighted by Gasteiger charge is -2.37. The summed E-state index contributed by atoms with van der Waals surface area (Å²) in [5, 5.41) is 0. The first-order valence-corrected chi connectivity index (χ1v) is 6.53. The number of likely N-dealkylation sites (tertiary alicyclic amines) is 1. The Morgan fingerprint density at radius 3 is 2.29 bits per heavy atom. The molecular formula is C13H26N+. The van der Waals surface area contributed by atoms with Crippen molar-refractivity contribution in [2.45, 2.75) is 45.4 Å². The molecule has 1 nitrogen and oxygen atoms in total. The molecule has 2 aliphatic rings. The molecule has 2 rings (SSSR count). The van der Waals surface area contributed by atoms with Crippen molar-refractivity contribution in [2.75, 3.05) is 26.7 Å². The van der Waals surface area contributed by atoms with Gasteiger partial charge in [-0.3, -0.25) is 0 Å². The first kappa shape index (κ1) is 10.5. The van der Waals surface area contributed by atoms with Crippen LogP contribution in [0.3, 0.4) is 0 Å². The molecule has 0 radical (unpaired) electrons. The minimum Gasteiger partial charge on any atom is -0.326 e. The van der Waals surface area contributed by atoms with Crippen LogP contribution in [0.15, 0.2) is 0 Å².